The SMILES string of the molecule is N#Cc1ccc2cc(OCc3ccccc3)ccc2c1. The molecule has 0 heterocycles. The Bertz CT molecular complexity index is 772. The van der Waals surface area contributed by atoms with Gasteiger partial charge in [-0.05, 0) is 40.6 Å². The van der Waals surface area contributed by atoms with E-state index in [4.69, 9.17) is 10.00 Å². The maximum atomic E-state index is 8.89. The molecule has 0 atom stereocenters. The molecule has 0 saturated carbocycles. The Hall–Kier alpha value is -2.79. The Morgan fingerprint density at radius 1 is 0.850 bits per heavy atom. The number of nitriles is 1. The van der Waals surface area contributed by atoms with E-state index in [1.165, 1.54) is 0 Å². The van der Waals surface area contributed by atoms with Crippen LogP contribution in [0.5, 0.6) is 5.75 Å². The number of rotatable bonds is 3. The topological polar surface area (TPSA) is 33.0 Å². The van der Waals surface area contributed by atoms with Crippen LogP contribution in [-0.4, -0.2) is 0 Å². The Morgan fingerprint density at radius 3 is 2.40 bits per heavy atom. The van der Waals surface area contributed by atoms with Crippen LogP contribution >= 0.6 is 0 Å². The maximum absolute atomic E-state index is 8.89. The molecular formula is C18H13NO. The van der Waals surface area contributed by atoms with Crippen LogP contribution in [0.4, 0.5) is 0 Å². The number of hydrogen-bond donors (Lipinski definition) is 0. The van der Waals surface area contributed by atoms with Gasteiger partial charge in [0.1, 0.15) is 12.4 Å². The van der Waals surface area contributed by atoms with Gasteiger partial charge in [-0.15, -0.1) is 0 Å². The molecule has 0 N–H and O–H groups in total. The van der Waals surface area contributed by atoms with Crippen LogP contribution in [0.15, 0.2) is 66.7 Å². The number of fused-ring (bicyclic) bond motifs is 1. The van der Waals surface area contributed by atoms with Gasteiger partial charge in [0, 0.05) is 0 Å². The lowest BCUT2D eigenvalue weighted by Crippen LogP contribution is -1.94. The van der Waals surface area contributed by atoms with Crippen LogP contribution in [0.25, 0.3) is 10.8 Å². The molecule has 3 aromatic rings. The molecule has 0 spiro atoms. The molecule has 0 saturated heterocycles. The van der Waals surface area contributed by atoms with Gasteiger partial charge < -0.3 is 4.74 Å². The van der Waals surface area contributed by atoms with Gasteiger partial charge >= 0.3 is 0 Å². The largest absolute Gasteiger partial charge is 0.489 e. The fourth-order valence-electron chi connectivity index (χ4n) is 2.12. The first-order valence-electron chi connectivity index (χ1n) is 6.46. The second-order valence-corrected chi connectivity index (χ2v) is 4.61. The van der Waals surface area contributed by atoms with Gasteiger partial charge in [0.05, 0.1) is 11.6 Å². The van der Waals surface area contributed by atoms with E-state index in [-0.39, 0.29) is 0 Å². The van der Waals surface area contributed by atoms with Crippen molar-refractivity contribution in [1.82, 2.24) is 0 Å². The first-order chi connectivity index (χ1) is 9.85. The molecule has 2 nitrogen and oxygen atoms in total. The molecule has 0 fully saturated rings. The third-order valence-electron chi connectivity index (χ3n) is 3.19. The predicted octanol–water partition coefficient (Wildman–Crippen LogP) is 4.29. The summed E-state index contributed by atoms with van der Waals surface area (Å²) >= 11 is 0. The first-order valence-corrected chi connectivity index (χ1v) is 6.46. The van der Waals surface area contributed by atoms with Gasteiger partial charge in [0.15, 0.2) is 0 Å². The van der Waals surface area contributed by atoms with Crippen molar-refractivity contribution in [2.24, 2.45) is 0 Å². The molecule has 3 rings (SSSR count). The summed E-state index contributed by atoms with van der Waals surface area (Å²) in [6, 6.07) is 23.8. The summed E-state index contributed by atoms with van der Waals surface area (Å²) in [5, 5.41) is 11.0. The minimum Gasteiger partial charge on any atom is -0.489 e. The summed E-state index contributed by atoms with van der Waals surface area (Å²) in [6.07, 6.45) is 0. The van der Waals surface area contributed by atoms with Crippen molar-refractivity contribution >= 4 is 10.8 Å². The summed E-state index contributed by atoms with van der Waals surface area (Å²) in [4.78, 5) is 0. The summed E-state index contributed by atoms with van der Waals surface area (Å²) in [7, 11) is 0. The highest BCUT2D eigenvalue weighted by atomic mass is 16.5. The van der Waals surface area contributed by atoms with E-state index in [0.29, 0.717) is 12.2 Å². The van der Waals surface area contributed by atoms with Gasteiger partial charge in [0.25, 0.3) is 0 Å². The molecule has 96 valence electrons. The monoisotopic (exact) mass is 259 g/mol. The molecular weight excluding hydrogens is 246 g/mol. The molecule has 0 bridgehead atoms. The average molecular weight is 259 g/mol. The molecule has 0 amide bonds. The van der Waals surface area contributed by atoms with Crippen molar-refractivity contribution in [3.8, 4) is 11.8 Å². The average Bonchev–Trinajstić information content (AvgIpc) is 2.53. The van der Waals surface area contributed by atoms with Crippen LogP contribution in [0.1, 0.15) is 11.1 Å². The second-order valence-electron chi connectivity index (χ2n) is 4.61. The Kier molecular flexibility index (Phi) is 3.34. The zero-order chi connectivity index (χ0) is 13.8. The van der Waals surface area contributed by atoms with E-state index in [1.807, 2.05) is 66.7 Å². The highest BCUT2D eigenvalue weighted by molar-refractivity contribution is 5.85. The number of ether oxygens (including phenoxy) is 1. The summed E-state index contributed by atoms with van der Waals surface area (Å²) < 4.78 is 5.79. The zero-order valence-electron chi connectivity index (χ0n) is 10.9. The third kappa shape index (κ3) is 2.62. The van der Waals surface area contributed by atoms with Crippen molar-refractivity contribution in [2.45, 2.75) is 6.61 Å². The van der Waals surface area contributed by atoms with Crippen molar-refractivity contribution < 1.29 is 4.74 Å². The lowest BCUT2D eigenvalue weighted by Gasteiger charge is -2.07. The van der Waals surface area contributed by atoms with Crippen LogP contribution in [0, 0.1) is 11.3 Å². The quantitative estimate of drug-likeness (QED) is 0.703. The van der Waals surface area contributed by atoms with Crippen LogP contribution in [-0.2, 0) is 6.61 Å². The van der Waals surface area contributed by atoms with E-state index < -0.39 is 0 Å². The summed E-state index contributed by atoms with van der Waals surface area (Å²) in [5.74, 6) is 0.839. The highest BCUT2D eigenvalue weighted by Crippen LogP contribution is 2.22. The van der Waals surface area contributed by atoms with Gasteiger partial charge in [-0.25, -0.2) is 0 Å². The van der Waals surface area contributed by atoms with E-state index in [2.05, 4.69) is 6.07 Å². The number of nitrogens with zero attached hydrogens (tertiary/aromatic N) is 1. The second kappa shape index (κ2) is 5.46. The maximum Gasteiger partial charge on any atom is 0.120 e. The molecule has 2 heteroatoms. The Labute approximate surface area is 117 Å². The first kappa shape index (κ1) is 12.3. The summed E-state index contributed by atoms with van der Waals surface area (Å²) in [6.45, 7) is 0.558. The smallest absolute Gasteiger partial charge is 0.120 e. The van der Waals surface area contributed by atoms with E-state index >= 15 is 0 Å². The lowest BCUT2D eigenvalue weighted by molar-refractivity contribution is 0.306. The van der Waals surface area contributed by atoms with Gasteiger partial charge in [-0.3, -0.25) is 0 Å². The predicted molar refractivity (Wildman–Crippen MR) is 79.4 cm³/mol. The number of hydrogen-bond acceptors (Lipinski definition) is 2. The number of benzene rings is 3. The molecule has 0 radical (unpaired) electrons. The van der Waals surface area contributed by atoms with Gasteiger partial charge in [0.2, 0.25) is 0 Å². The zero-order valence-corrected chi connectivity index (χ0v) is 10.9. The molecule has 3 aromatic carbocycles. The molecule has 0 aliphatic rings. The molecule has 0 aliphatic heterocycles. The third-order valence-corrected chi connectivity index (χ3v) is 3.19. The molecule has 0 aromatic heterocycles. The Balaban J connectivity index is 1.81. The van der Waals surface area contributed by atoms with E-state index in [1.54, 1.807) is 0 Å². The molecule has 0 unspecified atom stereocenters. The van der Waals surface area contributed by atoms with Crippen molar-refractivity contribution in [3.63, 3.8) is 0 Å². The van der Waals surface area contributed by atoms with Gasteiger partial charge in [-0.2, -0.15) is 5.26 Å². The van der Waals surface area contributed by atoms with Crippen molar-refractivity contribution in [2.75, 3.05) is 0 Å². The minimum absolute atomic E-state index is 0.558. The standard InChI is InChI=1S/C18H13NO/c19-12-15-6-7-17-11-18(9-8-16(17)10-15)20-13-14-4-2-1-3-5-14/h1-11H,13H2. The normalized spacial score (nSPS) is 10.2. The summed E-state index contributed by atoms with van der Waals surface area (Å²) in [5.41, 5.74) is 1.82. The van der Waals surface area contributed by atoms with Crippen molar-refractivity contribution in [3.05, 3.63) is 77.9 Å². The lowest BCUT2D eigenvalue weighted by atomic mass is 10.1. The highest BCUT2D eigenvalue weighted by Gasteiger charge is 2.00. The van der Waals surface area contributed by atoms with Crippen molar-refractivity contribution in [1.29, 1.82) is 5.26 Å². The fourth-order valence-corrected chi connectivity index (χ4v) is 2.12. The van der Waals surface area contributed by atoms with E-state index in [9.17, 15) is 0 Å². The molecule has 0 aliphatic carbocycles. The minimum atomic E-state index is 0.558. The fraction of sp³-hybridized carbons (Fsp3) is 0.0556. The van der Waals surface area contributed by atoms with Crippen LogP contribution in [0.2, 0.25) is 0 Å². The van der Waals surface area contributed by atoms with E-state index in [0.717, 1.165) is 22.1 Å². The van der Waals surface area contributed by atoms with Crippen LogP contribution < -0.4 is 4.74 Å². The van der Waals surface area contributed by atoms with Gasteiger partial charge in [-0.1, -0.05) is 42.5 Å². The molecule has 20 heavy (non-hydrogen) atoms. The Morgan fingerprint density at radius 2 is 1.60 bits per heavy atom. The van der Waals surface area contributed by atoms with Crippen LogP contribution in [0.3, 0.4) is 0 Å².